The Balaban J connectivity index is 2.53. The molecule has 0 bridgehead atoms. The van der Waals surface area contributed by atoms with E-state index in [0.29, 0.717) is 5.82 Å². The maximum atomic E-state index is 10.4. The van der Waals surface area contributed by atoms with Crippen molar-refractivity contribution in [2.24, 2.45) is 0 Å². The normalized spacial score (nSPS) is 12.1. The van der Waals surface area contributed by atoms with Crippen LogP contribution in [0.4, 0.5) is 5.82 Å². The third-order valence-electron chi connectivity index (χ3n) is 1.96. The summed E-state index contributed by atoms with van der Waals surface area (Å²) in [5, 5.41) is 19.5. The van der Waals surface area contributed by atoms with E-state index in [9.17, 15) is 4.79 Å². The van der Waals surface area contributed by atoms with Gasteiger partial charge in [-0.3, -0.25) is 4.79 Å². The third-order valence-corrected chi connectivity index (χ3v) is 1.96. The van der Waals surface area contributed by atoms with Crippen molar-refractivity contribution in [3.05, 3.63) is 17.8 Å². The molecule has 0 spiro atoms. The fourth-order valence-electron chi connectivity index (χ4n) is 1.19. The van der Waals surface area contributed by atoms with E-state index in [2.05, 4.69) is 15.5 Å². The van der Waals surface area contributed by atoms with E-state index in [4.69, 9.17) is 5.11 Å². The highest BCUT2D eigenvalue weighted by molar-refractivity contribution is 5.68. The van der Waals surface area contributed by atoms with Crippen molar-refractivity contribution in [2.45, 2.75) is 32.7 Å². The number of carboxylic acid groups (broad SMARTS) is 1. The van der Waals surface area contributed by atoms with E-state index in [1.807, 2.05) is 19.1 Å². The number of carbonyl (C=O) groups is 1. The molecular formula is C10H15N3O2. The fraction of sp³-hybridized carbons (Fsp3) is 0.500. The third kappa shape index (κ3) is 3.93. The zero-order valence-electron chi connectivity index (χ0n) is 8.90. The van der Waals surface area contributed by atoms with Crippen LogP contribution in [0.1, 0.15) is 26.0 Å². The van der Waals surface area contributed by atoms with Gasteiger partial charge in [-0.25, -0.2) is 0 Å². The van der Waals surface area contributed by atoms with Crippen LogP contribution in [0, 0.1) is 0 Å². The van der Waals surface area contributed by atoms with Crippen molar-refractivity contribution in [2.75, 3.05) is 5.32 Å². The SMILES string of the molecule is CCc1ccc(NC(C)CC(=O)O)nn1. The van der Waals surface area contributed by atoms with Gasteiger partial charge < -0.3 is 10.4 Å². The summed E-state index contributed by atoms with van der Waals surface area (Å²) in [6.07, 6.45) is 0.912. The molecule has 82 valence electrons. The highest BCUT2D eigenvalue weighted by atomic mass is 16.4. The van der Waals surface area contributed by atoms with E-state index in [0.717, 1.165) is 12.1 Å². The van der Waals surface area contributed by atoms with E-state index in [-0.39, 0.29) is 12.5 Å². The first-order valence-corrected chi connectivity index (χ1v) is 4.92. The predicted octanol–water partition coefficient (Wildman–Crippen LogP) is 1.31. The van der Waals surface area contributed by atoms with E-state index in [1.54, 1.807) is 6.92 Å². The Morgan fingerprint density at radius 3 is 2.73 bits per heavy atom. The smallest absolute Gasteiger partial charge is 0.305 e. The molecule has 0 aliphatic carbocycles. The molecule has 1 atom stereocenters. The second kappa shape index (κ2) is 5.29. The maximum Gasteiger partial charge on any atom is 0.305 e. The Bertz CT molecular complexity index is 324. The molecule has 0 fully saturated rings. The number of carboxylic acids is 1. The van der Waals surface area contributed by atoms with Gasteiger partial charge in [-0.2, -0.15) is 5.10 Å². The number of nitrogens with zero attached hydrogens (tertiary/aromatic N) is 2. The second-order valence-corrected chi connectivity index (χ2v) is 3.41. The lowest BCUT2D eigenvalue weighted by Crippen LogP contribution is -2.20. The van der Waals surface area contributed by atoms with Crippen LogP contribution in [0.15, 0.2) is 12.1 Å². The Morgan fingerprint density at radius 1 is 1.53 bits per heavy atom. The van der Waals surface area contributed by atoms with Gasteiger partial charge in [-0.15, -0.1) is 5.10 Å². The molecule has 1 aromatic heterocycles. The van der Waals surface area contributed by atoms with Crippen LogP contribution in [0.5, 0.6) is 0 Å². The molecule has 0 saturated heterocycles. The first-order chi connectivity index (χ1) is 7.11. The summed E-state index contributed by atoms with van der Waals surface area (Å²) in [4.78, 5) is 10.4. The molecule has 5 heteroatoms. The molecule has 5 nitrogen and oxygen atoms in total. The first-order valence-electron chi connectivity index (χ1n) is 4.92. The van der Waals surface area contributed by atoms with Gasteiger partial charge in [-0.1, -0.05) is 6.92 Å². The predicted molar refractivity (Wildman–Crippen MR) is 56.7 cm³/mol. The molecule has 1 unspecified atom stereocenters. The van der Waals surface area contributed by atoms with Gasteiger partial charge in [0.25, 0.3) is 0 Å². The van der Waals surface area contributed by atoms with Gasteiger partial charge in [0, 0.05) is 6.04 Å². The number of aryl methyl sites for hydroxylation is 1. The summed E-state index contributed by atoms with van der Waals surface area (Å²) < 4.78 is 0. The molecule has 1 aromatic rings. The summed E-state index contributed by atoms with van der Waals surface area (Å²) in [7, 11) is 0. The van der Waals surface area contributed by atoms with Gasteiger partial charge in [0.1, 0.15) is 5.82 Å². The van der Waals surface area contributed by atoms with Crippen molar-refractivity contribution in [1.29, 1.82) is 0 Å². The van der Waals surface area contributed by atoms with Crippen LogP contribution in [-0.2, 0) is 11.2 Å². The van der Waals surface area contributed by atoms with Gasteiger partial charge in [0.05, 0.1) is 12.1 Å². The minimum absolute atomic E-state index is 0.0667. The summed E-state index contributed by atoms with van der Waals surface area (Å²) in [5.41, 5.74) is 0.923. The monoisotopic (exact) mass is 209 g/mol. The zero-order chi connectivity index (χ0) is 11.3. The van der Waals surface area contributed by atoms with Gasteiger partial charge >= 0.3 is 5.97 Å². The molecule has 1 rings (SSSR count). The number of aromatic nitrogens is 2. The second-order valence-electron chi connectivity index (χ2n) is 3.41. The molecular weight excluding hydrogens is 194 g/mol. The Morgan fingerprint density at radius 2 is 2.27 bits per heavy atom. The van der Waals surface area contributed by atoms with Gasteiger partial charge in [0.15, 0.2) is 0 Å². The van der Waals surface area contributed by atoms with Crippen molar-refractivity contribution in [1.82, 2.24) is 10.2 Å². The van der Waals surface area contributed by atoms with Crippen LogP contribution in [0.3, 0.4) is 0 Å². The Labute approximate surface area is 88.5 Å². The summed E-state index contributed by atoms with van der Waals surface area (Å²) in [6.45, 7) is 3.80. The lowest BCUT2D eigenvalue weighted by molar-refractivity contribution is -0.137. The number of anilines is 1. The standard InChI is InChI=1S/C10H15N3O2/c1-3-8-4-5-9(13-12-8)11-7(2)6-10(14)15/h4-5,7H,3,6H2,1-2H3,(H,11,13)(H,14,15). The quantitative estimate of drug-likeness (QED) is 0.764. The van der Waals surface area contributed by atoms with E-state index in [1.165, 1.54) is 0 Å². The molecule has 0 aliphatic rings. The van der Waals surface area contributed by atoms with Crippen molar-refractivity contribution >= 4 is 11.8 Å². The topological polar surface area (TPSA) is 75.1 Å². The number of rotatable bonds is 5. The lowest BCUT2D eigenvalue weighted by Gasteiger charge is -2.11. The zero-order valence-corrected chi connectivity index (χ0v) is 8.90. The van der Waals surface area contributed by atoms with Gasteiger partial charge in [-0.05, 0) is 25.5 Å². The summed E-state index contributed by atoms with van der Waals surface area (Å²) in [5.74, 6) is -0.214. The van der Waals surface area contributed by atoms with E-state index >= 15 is 0 Å². The van der Waals surface area contributed by atoms with Crippen LogP contribution < -0.4 is 5.32 Å². The average molecular weight is 209 g/mol. The number of hydrogen-bond acceptors (Lipinski definition) is 4. The van der Waals surface area contributed by atoms with E-state index < -0.39 is 5.97 Å². The maximum absolute atomic E-state index is 10.4. The lowest BCUT2D eigenvalue weighted by atomic mass is 10.2. The fourth-order valence-corrected chi connectivity index (χ4v) is 1.19. The van der Waals surface area contributed by atoms with Crippen molar-refractivity contribution in [3.8, 4) is 0 Å². The van der Waals surface area contributed by atoms with Crippen LogP contribution in [-0.4, -0.2) is 27.3 Å². The molecule has 0 saturated carbocycles. The van der Waals surface area contributed by atoms with Crippen molar-refractivity contribution in [3.63, 3.8) is 0 Å². The Hall–Kier alpha value is -1.65. The molecule has 15 heavy (non-hydrogen) atoms. The molecule has 1 heterocycles. The molecule has 2 N–H and O–H groups in total. The number of hydrogen-bond donors (Lipinski definition) is 2. The highest BCUT2D eigenvalue weighted by Crippen LogP contribution is 2.05. The summed E-state index contributed by atoms with van der Waals surface area (Å²) in [6, 6.07) is 3.54. The number of nitrogens with one attached hydrogen (secondary N) is 1. The number of aliphatic carboxylic acids is 1. The molecule has 0 radical (unpaired) electrons. The molecule has 0 aromatic carbocycles. The van der Waals surface area contributed by atoms with Crippen LogP contribution in [0.25, 0.3) is 0 Å². The average Bonchev–Trinajstić information content (AvgIpc) is 2.17. The van der Waals surface area contributed by atoms with Crippen LogP contribution in [0.2, 0.25) is 0 Å². The molecule has 0 amide bonds. The largest absolute Gasteiger partial charge is 0.481 e. The summed E-state index contributed by atoms with van der Waals surface area (Å²) >= 11 is 0. The minimum atomic E-state index is -0.826. The van der Waals surface area contributed by atoms with Crippen molar-refractivity contribution < 1.29 is 9.90 Å². The van der Waals surface area contributed by atoms with Crippen LogP contribution >= 0.6 is 0 Å². The molecule has 0 aliphatic heterocycles. The highest BCUT2D eigenvalue weighted by Gasteiger charge is 2.07. The Kier molecular flexibility index (Phi) is 4.03. The van der Waals surface area contributed by atoms with Gasteiger partial charge in [0.2, 0.25) is 0 Å². The minimum Gasteiger partial charge on any atom is -0.481 e. The first kappa shape index (κ1) is 11.4.